The van der Waals surface area contributed by atoms with Crippen molar-refractivity contribution >= 4 is 0 Å². The minimum atomic E-state index is 0.943. The van der Waals surface area contributed by atoms with Gasteiger partial charge in [0, 0.05) is 12.1 Å². The largest absolute Gasteiger partial charge is 0.296 e. The summed E-state index contributed by atoms with van der Waals surface area (Å²) >= 11 is 0. The first-order valence-electron chi connectivity index (χ1n) is 3.45. The van der Waals surface area contributed by atoms with Crippen molar-refractivity contribution in [3.8, 4) is 0 Å². The van der Waals surface area contributed by atoms with Crippen molar-refractivity contribution in [2.75, 3.05) is 7.05 Å². The maximum Gasteiger partial charge on any atom is 0.0408 e. The molecular formula is C7H12N. The van der Waals surface area contributed by atoms with E-state index < -0.39 is 0 Å². The van der Waals surface area contributed by atoms with Gasteiger partial charge in [-0.15, -0.1) is 0 Å². The summed E-state index contributed by atoms with van der Waals surface area (Å²) in [7, 11) is 2.22. The monoisotopic (exact) mass is 110 g/mol. The minimum Gasteiger partial charge on any atom is -0.296 e. The standard InChI is InChI=1S/C7H12N/c1-8-6-3-2-4-7(8)5-6/h6H,2-5H2,1H3. The van der Waals surface area contributed by atoms with Crippen LogP contribution in [0.2, 0.25) is 0 Å². The molecule has 1 saturated carbocycles. The Morgan fingerprint density at radius 2 is 2.50 bits per heavy atom. The Morgan fingerprint density at radius 1 is 1.62 bits per heavy atom. The zero-order valence-electron chi connectivity index (χ0n) is 5.35. The van der Waals surface area contributed by atoms with Crippen molar-refractivity contribution < 1.29 is 0 Å². The van der Waals surface area contributed by atoms with E-state index in [9.17, 15) is 0 Å². The minimum absolute atomic E-state index is 0.943. The van der Waals surface area contributed by atoms with Gasteiger partial charge in [0.05, 0.1) is 0 Å². The molecule has 2 saturated heterocycles. The predicted octanol–water partition coefficient (Wildman–Crippen LogP) is 1.41. The van der Waals surface area contributed by atoms with E-state index in [-0.39, 0.29) is 0 Å². The second kappa shape index (κ2) is 1.47. The lowest BCUT2D eigenvalue weighted by molar-refractivity contribution is 0.0766. The molecule has 3 fully saturated rings. The Hall–Kier alpha value is -0.0400. The molecule has 0 aromatic carbocycles. The third-order valence-corrected chi connectivity index (χ3v) is 2.52. The molecule has 3 rings (SSSR count). The van der Waals surface area contributed by atoms with Crippen LogP contribution in [0.3, 0.4) is 0 Å². The number of nitrogens with zero attached hydrogens (tertiary/aromatic N) is 1. The first kappa shape index (κ1) is 4.80. The average Bonchev–Trinajstić information content (AvgIpc) is 1.89. The maximum atomic E-state index is 2.45. The molecule has 1 aliphatic carbocycles. The lowest BCUT2D eigenvalue weighted by atomic mass is 9.80. The van der Waals surface area contributed by atoms with E-state index in [1.807, 2.05) is 0 Å². The molecule has 3 aliphatic rings. The van der Waals surface area contributed by atoms with Crippen LogP contribution < -0.4 is 0 Å². The molecule has 1 atom stereocenters. The quantitative estimate of drug-likeness (QED) is 0.455. The molecule has 1 radical (unpaired) electrons. The van der Waals surface area contributed by atoms with Crippen LogP contribution in [0.15, 0.2) is 0 Å². The molecule has 0 N–H and O–H groups in total. The van der Waals surface area contributed by atoms with Crippen molar-refractivity contribution in [3.05, 3.63) is 6.04 Å². The van der Waals surface area contributed by atoms with E-state index in [4.69, 9.17) is 0 Å². The van der Waals surface area contributed by atoms with Crippen LogP contribution >= 0.6 is 0 Å². The highest BCUT2D eigenvalue weighted by Crippen LogP contribution is 2.41. The number of piperidine rings is 1. The zero-order valence-corrected chi connectivity index (χ0v) is 5.35. The van der Waals surface area contributed by atoms with Crippen LogP contribution in [0.1, 0.15) is 25.7 Å². The van der Waals surface area contributed by atoms with Crippen molar-refractivity contribution in [2.45, 2.75) is 31.7 Å². The first-order valence-corrected chi connectivity index (χ1v) is 3.45. The van der Waals surface area contributed by atoms with Gasteiger partial charge in [0.15, 0.2) is 0 Å². The Kier molecular flexibility index (Phi) is 0.884. The molecule has 2 heterocycles. The molecule has 1 heteroatoms. The van der Waals surface area contributed by atoms with Gasteiger partial charge in [0.2, 0.25) is 0 Å². The molecule has 0 aromatic rings. The summed E-state index contributed by atoms with van der Waals surface area (Å²) in [6.07, 6.45) is 5.69. The van der Waals surface area contributed by atoms with Gasteiger partial charge in [-0.2, -0.15) is 0 Å². The molecule has 0 aromatic heterocycles. The Balaban J connectivity index is 2.03. The Morgan fingerprint density at radius 3 is 2.75 bits per heavy atom. The van der Waals surface area contributed by atoms with Gasteiger partial charge in [-0.25, -0.2) is 0 Å². The maximum absolute atomic E-state index is 2.45. The fourth-order valence-electron chi connectivity index (χ4n) is 1.81. The van der Waals surface area contributed by atoms with Crippen LogP contribution in [-0.4, -0.2) is 18.0 Å². The molecule has 1 nitrogen and oxygen atoms in total. The van der Waals surface area contributed by atoms with Gasteiger partial charge in [0.1, 0.15) is 0 Å². The first-order chi connectivity index (χ1) is 3.88. The average molecular weight is 110 g/mol. The van der Waals surface area contributed by atoms with Gasteiger partial charge in [-0.05, 0) is 32.7 Å². The molecule has 1 unspecified atom stereocenters. The van der Waals surface area contributed by atoms with Gasteiger partial charge in [0.25, 0.3) is 0 Å². The molecule has 2 aliphatic heterocycles. The third kappa shape index (κ3) is 0.455. The number of hydrogen-bond acceptors (Lipinski definition) is 1. The molecule has 45 valence electrons. The lowest BCUT2D eigenvalue weighted by Crippen LogP contribution is -2.50. The second-order valence-corrected chi connectivity index (χ2v) is 2.93. The molecule has 8 heavy (non-hydrogen) atoms. The normalized spacial score (nSPS) is 39.4. The van der Waals surface area contributed by atoms with E-state index in [1.54, 1.807) is 6.04 Å². The van der Waals surface area contributed by atoms with E-state index in [2.05, 4.69) is 11.9 Å². The summed E-state index contributed by atoms with van der Waals surface area (Å²) in [4.78, 5) is 2.45. The van der Waals surface area contributed by atoms with Crippen LogP contribution in [0, 0.1) is 6.04 Å². The fourth-order valence-corrected chi connectivity index (χ4v) is 1.81. The summed E-state index contributed by atoms with van der Waals surface area (Å²) < 4.78 is 0. The Bertz CT molecular complexity index is 86.6. The number of rotatable bonds is 0. The smallest absolute Gasteiger partial charge is 0.0408 e. The van der Waals surface area contributed by atoms with Gasteiger partial charge >= 0.3 is 0 Å². The molecule has 0 spiro atoms. The molecule has 0 amide bonds. The van der Waals surface area contributed by atoms with E-state index >= 15 is 0 Å². The van der Waals surface area contributed by atoms with E-state index in [1.165, 1.54) is 25.7 Å². The number of hydrogen-bond donors (Lipinski definition) is 0. The van der Waals surface area contributed by atoms with Crippen LogP contribution in [0.25, 0.3) is 0 Å². The second-order valence-electron chi connectivity index (χ2n) is 2.93. The van der Waals surface area contributed by atoms with Crippen molar-refractivity contribution in [3.63, 3.8) is 0 Å². The van der Waals surface area contributed by atoms with Crippen LogP contribution in [0.5, 0.6) is 0 Å². The number of fused-ring (bicyclic) bond motifs is 2. The van der Waals surface area contributed by atoms with Gasteiger partial charge < -0.3 is 0 Å². The summed E-state index contributed by atoms with van der Waals surface area (Å²) in [5, 5.41) is 0. The highest BCUT2D eigenvalue weighted by atomic mass is 15.2. The summed E-state index contributed by atoms with van der Waals surface area (Å²) in [5.41, 5.74) is 0. The third-order valence-electron chi connectivity index (χ3n) is 2.52. The van der Waals surface area contributed by atoms with Crippen molar-refractivity contribution in [2.24, 2.45) is 0 Å². The van der Waals surface area contributed by atoms with Gasteiger partial charge in [-0.1, -0.05) is 0 Å². The van der Waals surface area contributed by atoms with Crippen molar-refractivity contribution in [1.82, 2.24) is 4.90 Å². The summed E-state index contributed by atoms with van der Waals surface area (Å²) in [6.45, 7) is 0. The zero-order chi connectivity index (χ0) is 5.56. The van der Waals surface area contributed by atoms with Gasteiger partial charge in [-0.3, -0.25) is 4.90 Å². The van der Waals surface area contributed by atoms with E-state index in [0.29, 0.717) is 0 Å². The molecular weight excluding hydrogens is 98.1 g/mol. The molecule has 2 bridgehead atoms. The SMILES string of the molecule is CN1[C]2CCCC1C2. The van der Waals surface area contributed by atoms with Crippen LogP contribution in [-0.2, 0) is 0 Å². The summed E-state index contributed by atoms with van der Waals surface area (Å²) in [6, 6.07) is 2.64. The predicted molar refractivity (Wildman–Crippen MR) is 33.3 cm³/mol. The lowest BCUT2D eigenvalue weighted by Gasteiger charge is -2.50. The topological polar surface area (TPSA) is 3.24 Å². The summed E-state index contributed by atoms with van der Waals surface area (Å²) in [5.74, 6) is 0. The van der Waals surface area contributed by atoms with E-state index in [0.717, 1.165) is 6.04 Å². The highest BCUT2D eigenvalue weighted by Gasteiger charge is 2.38. The van der Waals surface area contributed by atoms with Crippen LogP contribution in [0.4, 0.5) is 0 Å². The Labute approximate surface area is 50.7 Å². The van der Waals surface area contributed by atoms with Crippen molar-refractivity contribution in [1.29, 1.82) is 0 Å². The highest BCUT2D eigenvalue weighted by molar-refractivity contribution is 5.08. The fraction of sp³-hybridized carbons (Fsp3) is 0.857.